The molecule has 3 heterocycles. The van der Waals surface area contributed by atoms with E-state index in [0.29, 0.717) is 32.0 Å². The molecule has 168 valence electrons. The molecule has 7 nitrogen and oxygen atoms in total. The van der Waals surface area contributed by atoms with Crippen LogP contribution in [-0.4, -0.2) is 52.1 Å². The molecule has 2 aromatic carbocycles. The summed E-state index contributed by atoms with van der Waals surface area (Å²) in [5, 5.41) is 2.30. The maximum atomic E-state index is 13.0. The number of ether oxygens (including phenoxy) is 3. The lowest BCUT2D eigenvalue weighted by molar-refractivity contribution is -0.145. The zero-order valence-corrected chi connectivity index (χ0v) is 19.9. The smallest absolute Gasteiger partial charge is 0.411 e. The van der Waals surface area contributed by atoms with Gasteiger partial charge in [-0.2, -0.15) is 0 Å². The number of nitrogens with zero attached hydrogens (tertiary/aromatic N) is 2. The van der Waals surface area contributed by atoms with Crippen molar-refractivity contribution in [1.82, 2.24) is 14.9 Å². The van der Waals surface area contributed by atoms with E-state index in [1.165, 1.54) is 0 Å². The van der Waals surface area contributed by atoms with Crippen molar-refractivity contribution >= 4 is 32.8 Å². The topological polar surface area (TPSA) is 76.7 Å². The number of amides is 1. The molecular formula is C24H26BrN3O4. The summed E-state index contributed by atoms with van der Waals surface area (Å²) in [5.74, 6) is -0.108. The van der Waals surface area contributed by atoms with Crippen LogP contribution in [0.5, 0.6) is 0 Å². The van der Waals surface area contributed by atoms with Gasteiger partial charge in [-0.3, -0.25) is 4.90 Å². The molecule has 2 aliphatic heterocycles. The van der Waals surface area contributed by atoms with Gasteiger partial charge in [-0.1, -0.05) is 34.1 Å². The number of rotatable bonds is 2. The molecule has 1 aromatic heterocycles. The monoisotopic (exact) mass is 499 g/mol. The van der Waals surface area contributed by atoms with Gasteiger partial charge in [0.05, 0.1) is 37.7 Å². The van der Waals surface area contributed by atoms with Crippen molar-refractivity contribution in [2.75, 3.05) is 19.8 Å². The van der Waals surface area contributed by atoms with E-state index in [2.05, 4.69) is 56.2 Å². The van der Waals surface area contributed by atoms with Crippen LogP contribution in [0.1, 0.15) is 39.1 Å². The predicted octanol–water partition coefficient (Wildman–Crippen LogP) is 5.42. The summed E-state index contributed by atoms with van der Waals surface area (Å²) in [6.07, 6.45) is 1.92. The quantitative estimate of drug-likeness (QED) is 0.509. The molecule has 0 aliphatic carbocycles. The van der Waals surface area contributed by atoms with E-state index < -0.39 is 17.5 Å². The minimum absolute atomic E-state index is 0.313. The summed E-state index contributed by atoms with van der Waals surface area (Å²) in [4.78, 5) is 22.7. The highest BCUT2D eigenvalue weighted by Gasteiger charge is 2.52. The first-order valence-electron chi connectivity index (χ1n) is 10.7. The Bertz CT molecular complexity index is 1160. The molecule has 0 radical (unpaired) electrons. The second-order valence-corrected chi connectivity index (χ2v) is 10.2. The number of fused-ring (bicyclic) bond motifs is 1. The molecule has 2 saturated heterocycles. The Morgan fingerprint density at radius 3 is 2.66 bits per heavy atom. The summed E-state index contributed by atoms with van der Waals surface area (Å²) < 4.78 is 18.5. The number of hydrogen-bond donors (Lipinski definition) is 1. The summed E-state index contributed by atoms with van der Waals surface area (Å²) in [7, 11) is 0. The number of carbonyl (C=O) groups is 1. The lowest BCUT2D eigenvalue weighted by Gasteiger charge is -2.27. The molecule has 0 saturated carbocycles. The van der Waals surface area contributed by atoms with E-state index in [4.69, 9.17) is 14.2 Å². The second-order valence-electron chi connectivity index (χ2n) is 9.32. The normalized spacial score (nSPS) is 20.4. The Morgan fingerprint density at radius 2 is 1.91 bits per heavy atom. The molecule has 2 fully saturated rings. The number of benzene rings is 2. The van der Waals surface area contributed by atoms with Crippen LogP contribution in [0.15, 0.2) is 47.1 Å². The number of aromatic nitrogens is 2. The van der Waals surface area contributed by atoms with Gasteiger partial charge in [-0.05, 0) is 49.7 Å². The fourth-order valence-electron chi connectivity index (χ4n) is 4.34. The minimum atomic E-state index is -0.801. The van der Waals surface area contributed by atoms with Gasteiger partial charge in [0, 0.05) is 16.5 Å². The van der Waals surface area contributed by atoms with Crippen LogP contribution >= 0.6 is 15.9 Å². The molecule has 3 aromatic rings. The van der Waals surface area contributed by atoms with Crippen molar-refractivity contribution in [3.8, 4) is 11.3 Å². The Balaban J connectivity index is 1.45. The molecule has 1 atom stereocenters. The van der Waals surface area contributed by atoms with E-state index >= 15 is 0 Å². The fourth-order valence-corrected chi connectivity index (χ4v) is 4.72. The summed E-state index contributed by atoms with van der Waals surface area (Å²) in [6.45, 7) is 6.93. The van der Waals surface area contributed by atoms with Crippen LogP contribution in [0.25, 0.3) is 22.0 Å². The predicted molar refractivity (Wildman–Crippen MR) is 124 cm³/mol. The van der Waals surface area contributed by atoms with E-state index in [1.54, 1.807) is 4.90 Å². The number of likely N-dealkylation sites (tertiary alicyclic amines) is 1. The van der Waals surface area contributed by atoms with E-state index in [-0.39, 0.29) is 6.04 Å². The molecule has 1 amide bonds. The van der Waals surface area contributed by atoms with Crippen LogP contribution in [0.2, 0.25) is 0 Å². The van der Waals surface area contributed by atoms with Crippen LogP contribution in [-0.2, 0) is 14.2 Å². The van der Waals surface area contributed by atoms with Crippen molar-refractivity contribution in [2.24, 2.45) is 0 Å². The van der Waals surface area contributed by atoms with E-state index in [0.717, 1.165) is 26.5 Å². The van der Waals surface area contributed by atoms with E-state index in [1.807, 2.05) is 33.0 Å². The fraction of sp³-hybridized carbons (Fsp3) is 0.417. The maximum absolute atomic E-state index is 13.0. The largest absolute Gasteiger partial charge is 0.444 e. The lowest BCUT2D eigenvalue weighted by Crippen LogP contribution is -2.40. The van der Waals surface area contributed by atoms with Crippen molar-refractivity contribution in [3.05, 3.63) is 52.9 Å². The Hall–Kier alpha value is -2.42. The van der Waals surface area contributed by atoms with Gasteiger partial charge in [-0.25, -0.2) is 9.78 Å². The van der Waals surface area contributed by atoms with Crippen molar-refractivity contribution in [2.45, 2.75) is 44.6 Å². The zero-order chi connectivity index (χ0) is 22.5. The highest BCUT2D eigenvalue weighted by molar-refractivity contribution is 9.10. The highest BCUT2D eigenvalue weighted by atomic mass is 79.9. The number of imidazole rings is 1. The standard InChI is InChI=1S/C24H26BrN3O4/c1-23(2,3)32-22(29)28-14-24(30-8-9-31-24)12-20(28)21-26-13-19(27-21)17-5-4-16-11-18(25)7-6-15(16)10-17/h4-7,10-11,13,20H,8-9,12,14H2,1-3H3,(H,26,27). The second kappa shape index (κ2) is 7.86. The molecule has 0 bridgehead atoms. The Morgan fingerprint density at radius 1 is 1.19 bits per heavy atom. The van der Waals surface area contributed by atoms with Gasteiger partial charge < -0.3 is 19.2 Å². The third-order valence-electron chi connectivity index (χ3n) is 5.76. The number of halogens is 1. The molecule has 1 spiro atoms. The van der Waals surface area contributed by atoms with E-state index in [9.17, 15) is 4.79 Å². The molecule has 1 N–H and O–H groups in total. The Labute approximate surface area is 195 Å². The van der Waals surface area contributed by atoms with Gasteiger partial charge in [-0.15, -0.1) is 0 Å². The number of hydrogen-bond acceptors (Lipinski definition) is 5. The molecule has 2 aliphatic rings. The van der Waals surface area contributed by atoms with Crippen molar-refractivity contribution in [3.63, 3.8) is 0 Å². The van der Waals surface area contributed by atoms with Crippen molar-refractivity contribution < 1.29 is 19.0 Å². The summed E-state index contributed by atoms with van der Waals surface area (Å²) in [6, 6.07) is 12.2. The number of nitrogens with one attached hydrogen (secondary N) is 1. The molecule has 8 heteroatoms. The summed E-state index contributed by atoms with van der Waals surface area (Å²) >= 11 is 3.52. The Kier molecular flexibility index (Phi) is 5.27. The third kappa shape index (κ3) is 4.14. The van der Waals surface area contributed by atoms with Crippen molar-refractivity contribution in [1.29, 1.82) is 0 Å². The number of H-pyrrole nitrogens is 1. The lowest BCUT2D eigenvalue weighted by atomic mass is 10.1. The maximum Gasteiger partial charge on any atom is 0.411 e. The SMILES string of the molecule is CC(C)(C)OC(=O)N1CC2(CC1c1ncc(-c3ccc4cc(Br)ccc4c3)[nH]1)OCCO2. The summed E-state index contributed by atoms with van der Waals surface area (Å²) in [5.41, 5.74) is 1.33. The van der Waals surface area contributed by atoms with Gasteiger partial charge >= 0.3 is 6.09 Å². The molecular weight excluding hydrogens is 474 g/mol. The van der Waals surface area contributed by atoms with Crippen LogP contribution < -0.4 is 0 Å². The minimum Gasteiger partial charge on any atom is -0.444 e. The van der Waals surface area contributed by atoms with Gasteiger partial charge in [0.25, 0.3) is 0 Å². The van der Waals surface area contributed by atoms with Gasteiger partial charge in [0.2, 0.25) is 0 Å². The van der Waals surface area contributed by atoms with Gasteiger partial charge in [0.15, 0.2) is 5.79 Å². The average Bonchev–Trinajstić information content (AvgIpc) is 3.47. The third-order valence-corrected chi connectivity index (χ3v) is 6.25. The number of carbonyl (C=O) groups excluding carboxylic acids is 1. The first-order valence-corrected chi connectivity index (χ1v) is 11.5. The first kappa shape index (κ1) is 21.4. The van der Waals surface area contributed by atoms with Crippen LogP contribution in [0.3, 0.4) is 0 Å². The average molecular weight is 500 g/mol. The highest BCUT2D eigenvalue weighted by Crippen LogP contribution is 2.42. The molecule has 32 heavy (non-hydrogen) atoms. The molecule has 5 rings (SSSR count). The van der Waals surface area contributed by atoms with Gasteiger partial charge in [0.1, 0.15) is 11.4 Å². The van der Waals surface area contributed by atoms with Crippen LogP contribution in [0, 0.1) is 0 Å². The molecule has 1 unspecified atom stereocenters. The first-order chi connectivity index (χ1) is 15.2. The number of aromatic amines is 1. The zero-order valence-electron chi connectivity index (χ0n) is 18.4. The van der Waals surface area contributed by atoms with Crippen LogP contribution in [0.4, 0.5) is 4.79 Å².